The van der Waals surface area contributed by atoms with Crippen LogP contribution >= 0.6 is 22.7 Å². The van der Waals surface area contributed by atoms with E-state index >= 15 is 0 Å². The molecule has 0 aliphatic carbocycles. The van der Waals surface area contributed by atoms with Crippen molar-refractivity contribution in [3.05, 3.63) is 63.8 Å². The van der Waals surface area contributed by atoms with E-state index < -0.39 is 5.97 Å². The molecule has 0 atom stereocenters. The molecule has 3 aromatic rings. The minimum absolute atomic E-state index is 0.0121. The summed E-state index contributed by atoms with van der Waals surface area (Å²) in [7, 11) is 0. The standard InChI is InChI=1S/C21H22N2O3S2/c1-15(2)23(11-16-6-4-3-5-7-16)19(24)12-26-20(25)10-18-14-28-21(22-18)17-8-9-27-13-17/h3-9,13-15H,10-12H2,1-2H3. The molecule has 2 heterocycles. The van der Waals surface area contributed by atoms with Crippen LogP contribution in [-0.2, 0) is 27.3 Å². The third-order valence-corrected chi connectivity index (χ3v) is 5.76. The molecule has 28 heavy (non-hydrogen) atoms. The smallest absolute Gasteiger partial charge is 0.312 e. The van der Waals surface area contributed by atoms with Crippen molar-refractivity contribution in [1.82, 2.24) is 9.88 Å². The van der Waals surface area contributed by atoms with Crippen molar-refractivity contribution in [2.24, 2.45) is 0 Å². The number of hydrogen-bond acceptors (Lipinski definition) is 6. The Morgan fingerprint density at radius 2 is 1.93 bits per heavy atom. The monoisotopic (exact) mass is 414 g/mol. The first-order valence-electron chi connectivity index (χ1n) is 8.99. The summed E-state index contributed by atoms with van der Waals surface area (Å²) in [6.07, 6.45) is 0.0638. The zero-order chi connectivity index (χ0) is 19.9. The molecule has 0 radical (unpaired) electrons. The number of ether oxygens (including phenoxy) is 1. The average molecular weight is 415 g/mol. The number of amides is 1. The number of carbonyl (C=O) groups is 2. The van der Waals surface area contributed by atoms with E-state index in [1.165, 1.54) is 11.3 Å². The number of carbonyl (C=O) groups excluding carboxylic acids is 2. The molecule has 0 bridgehead atoms. The van der Waals surface area contributed by atoms with Crippen molar-refractivity contribution in [3.8, 4) is 10.6 Å². The Morgan fingerprint density at radius 3 is 2.61 bits per heavy atom. The van der Waals surface area contributed by atoms with Crippen LogP contribution in [0.4, 0.5) is 0 Å². The van der Waals surface area contributed by atoms with E-state index in [4.69, 9.17) is 4.74 Å². The molecule has 5 nitrogen and oxygen atoms in total. The van der Waals surface area contributed by atoms with Gasteiger partial charge in [-0.25, -0.2) is 4.98 Å². The SMILES string of the molecule is CC(C)N(Cc1ccccc1)C(=O)COC(=O)Cc1csc(-c2ccsc2)n1. The molecule has 0 saturated heterocycles. The summed E-state index contributed by atoms with van der Waals surface area (Å²) in [5.41, 5.74) is 2.76. The Bertz CT molecular complexity index is 905. The van der Waals surface area contributed by atoms with Crippen LogP contribution in [-0.4, -0.2) is 34.4 Å². The van der Waals surface area contributed by atoms with Crippen molar-refractivity contribution in [1.29, 1.82) is 0 Å². The van der Waals surface area contributed by atoms with Crippen molar-refractivity contribution >= 4 is 34.6 Å². The molecule has 0 aliphatic rings. The summed E-state index contributed by atoms with van der Waals surface area (Å²) < 4.78 is 5.21. The van der Waals surface area contributed by atoms with Crippen LogP contribution < -0.4 is 0 Å². The quantitative estimate of drug-likeness (QED) is 0.513. The maximum atomic E-state index is 12.5. The number of thiazole rings is 1. The Labute approximate surface area is 172 Å². The molecule has 3 rings (SSSR count). The number of aromatic nitrogens is 1. The van der Waals surface area contributed by atoms with Gasteiger partial charge in [-0.05, 0) is 30.9 Å². The molecule has 1 amide bonds. The lowest BCUT2D eigenvalue weighted by Crippen LogP contribution is -2.39. The summed E-state index contributed by atoms with van der Waals surface area (Å²) in [6, 6.07) is 11.8. The van der Waals surface area contributed by atoms with Gasteiger partial charge in [-0.15, -0.1) is 11.3 Å². The summed E-state index contributed by atoms with van der Waals surface area (Å²) in [6.45, 7) is 4.13. The maximum absolute atomic E-state index is 12.5. The van der Waals surface area contributed by atoms with Gasteiger partial charge in [0.25, 0.3) is 5.91 Å². The van der Waals surface area contributed by atoms with E-state index in [-0.39, 0.29) is 25.0 Å². The second kappa shape index (κ2) is 9.61. The van der Waals surface area contributed by atoms with Crippen molar-refractivity contribution in [2.45, 2.75) is 32.9 Å². The molecule has 0 fully saturated rings. The van der Waals surface area contributed by atoms with E-state index in [9.17, 15) is 9.59 Å². The van der Waals surface area contributed by atoms with Gasteiger partial charge in [-0.3, -0.25) is 9.59 Å². The lowest BCUT2D eigenvalue weighted by atomic mass is 10.2. The number of benzene rings is 1. The van der Waals surface area contributed by atoms with E-state index in [2.05, 4.69) is 4.98 Å². The number of nitrogens with zero attached hydrogens (tertiary/aromatic N) is 2. The van der Waals surface area contributed by atoms with Crippen molar-refractivity contribution in [2.75, 3.05) is 6.61 Å². The molecular formula is C21H22N2O3S2. The van der Waals surface area contributed by atoms with Crippen LogP contribution in [0.2, 0.25) is 0 Å². The minimum atomic E-state index is -0.445. The van der Waals surface area contributed by atoms with Crippen LogP contribution in [0, 0.1) is 0 Å². The molecule has 0 unspecified atom stereocenters. The second-order valence-corrected chi connectivity index (χ2v) is 8.23. The van der Waals surface area contributed by atoms with E-state index in [0.717, 1.165) is 16.1 Å². The van der Waals surface area contributed by atoms with E-state index in [1.807, 2.05) is 66.4 Å². The van der Waals surface area contributed by atoms with E-state index in [1.54, 1.807) is 16.2 Å². The van der Waals surface area contributed by atoms with Gasteiger partial charge in [0, 0.05) is 28.9 Å². The fourth-order valence-corrected chi connectivity index (χ4v) is 4.20. The molecule has 0 saturated carbocycles. The van der Waals surface area contributed by atoms with Gasteiger partial charge in [-0.2, -0.15) is 11.3 Å². The maximum Gasteiger partial charge on any atom is 0.312 e. The summed E-state index contributed by atoms with van der Waals surface area (Å²) in [5.74, 6) is -0.650. The molecule has 0 N–H and O–H groups in total. The molecule has 7 heteroatoms. The number of rotatable bonds is 8. The van der Waals surface area contributed by atoms with Crippen molar-refractivity contribution < 1.29 is 14.3 Å². The summed E-state index contributed by atoms with van der Waals surface area (Å²) >= 11 is 3.10. The summed E-state index contributed by atoms with van der Waals surface area (Å²) in [4.78, 5) is 30.9. The Balaban J connectivity index is 1.52. The highest BCUT2D eigenvalue weighted by Gasteiger charge is 2.19. The number of thiophene rings is 1. The number of hydrogen-bond donors (Lipinski definition) is 0. The lowest BCUT2D eigenvalue weighted by molar-refractivity contribution is -0.152. The van der Waals surface area contributed by atoms with Gasteiger partial charge in [0.1, 0.15) is 5.01 Å². The van der Waals surface area contributed by atoms with Gasteiger partial charge < -0.3 is 9.64 Å². The Hall–Kier alpha value is -2.51. The topological polar surface area (TPSA) is 59.5 Å². The highest BCUT2D eigenvalue weighted by Crippen LogP contribution is 2.25. The highest BCUT2D eigenvalue weighted by atomic mass is 32.1. The third-order valence-electron chi connectivity index (χ3n) is 4.14. The first-order valence-corrected chi connectivity index (χ1v) is 10.8. The lowest BCUT2D eigenvalue weighted by Gasteiger charge is -2.26. The predicted molar refractivity (Wildman–Crippen MR) is 112 cm³/mol. The Morgan fingerprint density at radius 1 is 1.14 bits per heavy atom. The van der Waals surface area contributed by atoms with Crippen LogP contribution in [0.3, 0.4) is 0 Å². The van der Waals surface area contributed by atoms with Gasteiger partial charge in [0.05, 0.1) is 12.1 Å². The predicted octanol–water partition coefficient (Wildman–Crippen LogP) is 4.39. The van der Waals surface area contributed by atoms with Crippen LogP contribution in [0.5, 0.6) is 0 Å². The average Bonchev–Trinajstić information content (AvgIpc) is 3.36. The minimum Gasteiger partial charge on any atom is -0.455 e. The number of esters is 1. The van der Waals surface area contributed by atoms with Crippen LogP contribution in [0.25, 0.3) is 10.6 Å². The highest BCUT2D eigenvalue weighted by molar-refractivity contribution is 7.14. The largest absolute Gasteiger partial charge is 0.455 e. The van der Waals surface area contributed by atoms with Gasteiger partial charge in [-0.1, -0.05) is 30.3 Å². The molecule has 146 valence electrons. The first kappa shape index (κ1) is 20.2. The van der Waals surface area contributed by atoms with Gasteiger partial charge in [0.2, 0.25) is 0 Å². The second-order valence-electron chi connectivity index (χ2n) is 6.59. The molecular weight excluding hydrogens is 392 g/mol. The molecule has 2 aromatic heterocycles. The van der Waals surface area contributed by atoms with Gasteiger partial charge in [0.15, 0.2) is 6.61 Å². The van der Waals surface area contributed by atoms with Gasteiger partial charge >= 0.3 is 5.97 Å². The Kier molecular flexibility index (Phi) is 6.95. The molecule has 1 aromatic carbocycles. The third kappa shape index (κ3) is 5.50. The fraction of sp³-hybridized carbons (Fsp3) is 0.286. The molecule has 0 spiro atoms. The normalized spacial score (nSPS) is 10.8. The zero-order valence-electron chi connectivity index (χ0n) is 15.8. The molecule has 0 aliphatic heterocycles. The zero-order valence-corrected chi connectivity index (χ0v) is 17.5. The summed E-state index contributed by atoms with van der Waals surface area (Å²) in [5, 5.41) is 6.75. The van der Waals surface area contributed by atoms with Crippen molar-refractivity contribution in [3.63, 3.8) is 0 Å². The first-order chi connectivity index (χ1) is 13.5. The van der Waals surface area contributed by atoms with E-state index in [0.29, 0.717) is 12.2 Å². The van der Waals surface area contributed by atoms with Crippen LogP contribution in [0.1, 0.15) is 25.1 Å². The van der Waals surface area contributed by atoms with Crippen LogP contribution in [0.15, 0.2) is 52.5 Å². The fourth-order valence-electron chi connectivity index (χ4n) is 2.67.